The van der Waals surface area contributed by atoms with Gasteiger partial charge in [0.25, 0.3) is 5.56 Å². The lowest BCUT2D eigenvalue weighted by molar-refractivity contribution is 0.770. The van der Waals surface area contributed by atoms with Crippen molar-refractivity contribution in [3.05, 3.63) is 66.5 Å². The summed E-state index contributed by atoms with van der Waals surface area (Å²) in [6, 6.07) is 9.91. The van der Waals surface area contributed by atoms with Gasteiger partial charge in [-0.2, -0.15) is 0 Å². The van der Waals surface area contributed by atoms with Crippen LogP contribution in [0, 0.1) is 3.57 Å². The van der Waals surface area contributed by atoms with Crippen LogP contribution in [0.5, 0.6) is 0 Å². The van der Waals surface area contributed by atoms with Gasteiger partial charge in [-0.3, -0.25) is 14.3 Å². The van der Waals surface area contributed by atoms with Gasteiger partial charge in [-0.1, -0.05) is 30.3 Å². The van der Waals surface area contributed by atoms with E-state index in [4.69, 9.17) is 0 Å². The third-order valence-corrected chi connectivity index (χ3v) is 4.09. The summed E-state index contributed by atoms with van der Waals surface area (Å²) in [7, 11) is 1.48. The highest BCUT2D eigenvalue weighted by Gasteiger charge is 2.13. The average molecular weight is 381 g/mol. The fourth-order valence-electron chi connectivity index (χ4n) is 2.21. The predicted octanol–water partition coefficient (Wildman–Crippen LogP) is 1.68. The van der Waals surface area contributed by atoms with Crippen LogP contribution in [0.1, 0.15) is 5.56 Å². The van der Waals surface area contributed by atoms with Crippen molar-refractivity contribution in [3.8, 4) is 0 Å². The van der Waals surface area contributed by atoms with Crippen LogP contribution in [-0.2, 0) is 13.6 Å². The van der Waals surface area contributed by atoms with Gasteiger partial charge in [0, 0.05) is 23.4 Å². The van der Waals surface area contributed by atoms with Crippen molar-refractivity contribution in [2.45, 2.75) is 6.54 Å². The van der Waals surface area contributed by atoms with Gasteiger partial charge in [-0.25, -0.2) is 4.79 Å². The van der Waals surface area contributed by atoms with Gasteiger partial charge in [0.1, 0.15) is 5.65 Å². The van der Waals surface area contributed by atoms with Crippen LogP contribution in [0.3, 0.4) is 0 Å². The molecule has 0 radical (unpaired) electrons. The Morgan fingerprint density at radius 3 is 2.60 bits per heavy atom. The van der Waals surface area contributed by atoms with Crippen LogP contribution in [0.25, 0.3) is 11.0 Å². The van der Waals surface area contributed by atoms with E-state index in [0.29, 0.717) is 17.6 Å². The molecular weight excluding hydrogens is 369 g/mol. The summed E-state index contributed by atoms with van der Waals surface area (Å²) in [5.41, 5.74) is 1.03. The molecule has 3 rings (SSSR count). The molecule has 0 bridgehead atoms. The molecule has 0 spiro atoms. The number of hydrogen-bond acceptors (Lipinski definition) is 2. The molecule has 1 aromatic carbocycles. The third kappa shape index (κ3) is 2.09. The van der Waals surface area contributed by atoms with E-state index in [0.717, 1.165) is 13.7 Å². The lowest BCUT2D eigenvalue weighted by Gasteiger charge is -2.05. The van der Waals surface area contributed by atoms with Gasteiger partial charge >= 0.3 is 5.69 Å². The van der Waals surface area contributed by atoms with Crippen molar-refractivity contribution in [2.75, 3.05) is 0 Å². The first kappa shape index (κ1) is 13.2. The molecule has 2 aromatic heterocycles. The molecule has 0 aliphatic carbocycles. The third-order valence-electron chi connectivity index (χ3n) is 3.28. The van der Waals surface area contributed by atoms with Gasteiger partial charge in [0.05, 0.1) is 5.39 Å². The number of nitrogens with zero attached hydrogens (tertiary/aromatic N) is 2. The van der Waals surface area contributed by atoms with E-state index in [1.54, 1.807) is 0 Å². The minimum absolute atomic E-state index is 0.264. The zero-order valence-corrected chi connectivity index (χ0v) is 12.9. The maximum Gasteiger partial charge on any atom is 0.329 e. The van der Waals surface area contributed by atoms with E-state index in [1.165, 1.54) is 7.05 Å². The number of benzene rings is 1. The molecule has 0 unspecified atom stereocenters. The number of aromatic amines is 1. The maximum absolute atomic E-state index is 12.2. The molecule has 0 saturated heterocycles. The minimum Gasteiger partial charge on any atom is -0.328 e. The van der Waals surface area contributed by atoms with Crippen molar-refractivity contribution in [1.29, 1.82) is 0 Å². The number of H-pyrrole nitrogens is 1. The van der Waals surface area contributed by atoms with Gasteiger partial charge in [-0.15, -0.1) is 0 Å². The molecule has 0 fully saturated rings. The van der Waals surface area contributed by atoms with Gasteiger partial charge in [0.2, 0.25) is 0 Å². The van der Waals surface area contributed by atoms with E-state index in [9.17, 15) is 9.59 Å². The maximum atomic E-state index is 12.2. The molecule has 0 aliphatic rings. The highest BCUT2D eigenvalue weighted by molar-refractivity contribution is 14.1. The zero-order valence-electron chi connectivity index (χ0n) is 10.8. The van der Waals surface area contributed by atoms with E-state index in [1.807, 2.05) is 41.1 Å². The Bertz CT molecular complexity index is 890. The van der Waals surface area contributed by atoms with Crippen molar-refractivity contribution < 1.29 is 0 Å². The first-order valence-corrected chi connectivity index (χ1v) is 7.17. The molecule has 2 heterocycles. The van der Waals surface area contributed by atoms with Crippen LogP contribution in [0.2, 0.25) is 0 Å². The van der Waals surface area contributed by atoms with Crippen LogP contribution >= 0.6 is 22.6 Å². The topological polar surface area (TPSA) is 59.8 Å². The van der Waals surface area contributed by atoms with Crippen LogP contribution in [0.4, 0.5) is 0 Å². The van der Waals surface area contributed by atoms with Gasteiger partial charge in [0.15, 0.2) is 0 Å². The Balaban J connectivity index is 2.23. The molecule has 0 atom stereocenters. The number of aromatic nitrogens is 3. The second kappa shape index (κ2) is 4.93. The monoisotopic (exact) mass is 381 g/mol. The van der Waals surface area contributed by atoms with Crippen molar-refractivity contribution in [3.63, 3.8) is 0 Å². The molecule has 6 heteroatoms. The summed E-state index contributed by atoms with van der Waals surface area (Å²) < 4.78 is 3.83. The molecular formula is C14H12IN3O2. The van der Waals surface area contributed by atoms with E-state index in [-0.39, 0.29) is 5.56 Å². The molecule has 20 heavy (non-hydrogen) atoms. The fourth-order valence-corrected chi connectivity index (χ4v) is 3.03. The molecule has 5 nitrogen and oxygen atoms in total. The summed E-state index contributed by atoms with van der Waals surface area (Å²) in [4.78, 5) is 26.7. The molecule has 102 valence electrons. The Hall–Kier alpha value is -1.83. The lowest BCUT2D eigenvalue weighted by Crippen LogP contribution is -2.32. The number of nitrogens with one attached hydrogen (secondary N) is 1. The number of fused-ring (bicyclic) bond motifs is 1. The minimum atomic E-state index is -0.397. The highest BCUT2D eigenvalue weighted by Crippen LogP contribution is 2.18. The quantitative estimate of drug-likeness (QED) is 0.687. The Labute approximate surface area is 128 Å². The van der Waals surface area contributed by atoms with Crippen molar-refractivity contribution >= 4 is 33.6 Å². The second-order valence-electron chi connectivity index (χ2n) is 4.61. The number of hydrogen-bond donors (Lipinski definition) is 1. The van der Waals surface area contributed by atoms with Crippen molar-refractivity contribution in [2.24, 2.45) is 7.05 Å². The normalized spacial score (nSPS) is 11.1. The first-order valence-electron chi connectivity index (χ1n) is 6.09. The standard InChI is InChI=1S/C14H12IN3O2/c1-17-13(19)11-10(15)8-18(12(11)16-14(17)20)7-9-5-3-2-4-6-9/h2-6,8H,7H2,1H3,(H,16,20). The SMILES string of the molecule is Cn1c(=O)[nH]c2c(c(I)cn2Cc2ccccc2)c1=O. The predicted molar refractivity (Wildman–Crippen MR) is 86.1 cm³/mol. The molecule has 1 N–H and O–H groups in total. The Morgan fingerprint density at radius 2 is 1.90 bits per heavy atom. The zero-order chi connectivity index (χ0) is 14.3. The summed E-state index contributed by atoms with van der Waals surface area (Å²) >= 11 is 2.12. The summed E-state index contributed by atoms with van der Waals surface area (Å²) in [5, 5.41) is 0.559. The summed E-state index contributed by atoms with van der Waals surface area (Å²) in [6.07, 6.45) is 1.88. The molecule has 0 aliphatic heterocycles. The molecule has 3 aromatic rings. The Morgan fingerprint density at radius 1 is 1.20 bits per heavy atom. The smallest absolute Gasteiger partial charge is 0.328 e. The highest BCUT2D eigenvalue weighted by atomic mass is 127. The van der Waals surface area contributed by atoms with Gasteiger partial charge < -0.3 is 4.57 Å². The van der Waals surface area contributed by atoms with Crippen LogP contribution in [0.15, 0.2) is 46.1 Å². The summed E-state index contributed by atoms with van der Waals surface area (Å²) in [5.74, 6) is 0. The number of rotatable bonds is 2. The van der Waals surface area contributed by atoms with Crippen LogP contribution in [-0.4, -0.2) is 14.1 Å². The first-order chi connectivity index (χ1) is 9.58. The van der Waals surface area contributed by atoms with E-state index in [2.05, 4.69) is 27.6 Å². The van der Waals surface area contributed by atoms with E-state index < -0.39 is 5.69 Å². The number of halogens is 1. The van der Waals surface area contributed by atoms with Gasteiger partial charge in [-0.05, 0) is 28.2 Å². The average Bonchev–Trinajstić information content (AvgIpc) is 2.73. The second-order valence-corrected chi connectivity index (χ2v) is 5.77. The lowest BCUT2D eigenvalue weighted by atomic mass is 10.2. The summed E-state index contributed by atoms with van der Waals surface area (Å²) in [6.45, 7) is 0.615. The van der Waals surface area contributed by atoms with E-state index >= 15 is 0 Å². The molecule has 0 amide bonds. The largest absolute Gasteiger partial charge is 0.329 e. The Kier molecular flexibility index (Phi) is 3.25. The van der Waals surface area contributed by atoms with Crippen molar-refractivity contribution in [1.82, 2.24) is 14.1 Å². The van der Waals surface area contributed by atoms with Crippen LogP contribution < -0.4 is 11.2 Å². The fraction of sp³-hybridized carbons (Fsp3) is 0.143. The molecule has 0 saturated carbocycles.